The van der Waals surface area contributed by atoms with Gasteiger partial charge in [-0.25, -0.2) is 4.98 Å². The van der Waals surface area contributed by atoms with Crippen molar-refractivity contribution in [1.82, 2.24) is 9.55 Å². The van der Waals surface area contributed by atoms with Crippen molar-refractivity contribution in [2.45, 2.75) is 5.88 Å². The zero-order valence-electron chi connectivity index (χ0n) is 7.95. The van der Waals surface area contributed by atoms with E-state index < -0.39 is 0 Å². The van der Waals surface area contributed by atoms with Gasteiger partial charge in [-0.3, -0.25) is 4.79 Å². The van der Waals surface area contributed by atoms with Crippen LogP contribution in [-0.4, -0.2) is 22.1 Å². The Labute approximate surface area is 95.0 Å². The molecule has 1 N–H and O–H groups in total. The maximum atomic E-state index is 10.9. The number of carbonyl (C=O) groups is 1. The minimum absolute atomic E-state index is 0.354. The molecule has 2 aromatic heterocycles. The van der Waals surface area contributed by atoms with E-state index in [1.807, 2.05) is 0 Å². The standard InChI is InChI=1S/C9H8ClN3OS/c1-13-6(4-14)5(3-11)8-9(13)12-7(2-10)15-8/h3-4,11H,2H2,1H3. The first kappa shape index (κ1) is 10.3. The molecule has 2 heterocycles. The van der Waals surface area contributed by atoms with Crippen LogP contribution in [0.25, 0.3) is 10.3 Å². The lowest BCUT2D eigenvalue weighted by Crippen LogP contribution is -1.97. The molecule has 0 saturated carbocycles. The molecular formula is C9H8ClN3OS. The Kier molecular flexibility index (Phi) is 2.58. The highest BCUT2D eigenvalue weighted by Crippen LogP contribution is 2.29. The van der Waals surface area contributed by atoms with E-state index >= 15 is 0 Å². The quantitative estimate of drug-likeness (QED) is 0.509. The molecule has 0 aromatic carbocycles. The molecule has 0 radical (unpaired) electrons. The third-order valence-corrected chi connectivity index (χ3v) is 3.71. The van der Waals surface area contributed by atoms with Crippen LogP contribution in [-0.2, 0) is 12.9 Å². The van der Waals surface area contributed by atoms with Crippen LogP contribution in [0.3, 0.4) is 0 Å². The number of carbonyl (C=O) groups excluding carboxylic acids is 1. The van der Waals surface area contributed by atoms with E-state index in [1.165, 1.54) is 17.6 Å². The first-order valence-electron chi connectivity index (χ1n) is 4.22. The molecule has 0 unspecified atom stereocenters. The molecule has 2 aromatic rings. The number of alkyl halides is 1. The maximum absolute atomic E-state index is 10.9. The van der Waals surface area contributed by atoms with Crippen LogP contribution in [0.4, 0.5) is 0 Å². The smallest absolute Gasteiger partial charge is 0.167 e. The average Bonchev–Trinajstić information content (AvgIpc) is 2.76. The number of aryl methyl sites for hydroxylation is 1. The van der Waals surface area contributed by atoms with Crippen molar-refractivity contribution in [3.05, 3.63) is 16.3 Å². The highest BCUT2D eigenvalue weighted by molar-refractivity contribution is 7.19. The summed E-state index contributed by atoms with van der Waals surface area (Å²) in [4.78, 5) is 15.2. The van der Waals surface area contributed by atoms with Crippen molar-refractivity contribution >= 4 is 45.8 Å². The lowest BCUT2D eigenvalue weighted by Gasteiger charge is -1.95. The summed E-state index contributed by atoms with van der Waals surface area (Å²) in [5.74, 6) is 0.354. The second-order valence-electron chi connectivity index (χ2n) is 3.01. The topological polar surface area (TPSA) is 58.7 Å². The van der Waals surface area contributed by atoms with Gasteiger partial charge in [0.05, 0.1) is 16.3 Å². The summed E-state index contributed by atoms with van der Waals surface area (Å²) in [6.07, 6.45) is 1.93. The van der Waals surface area contributed by atoms with Gasteiger partial charge in [-0.15, -0.1) is 22.9 Å². The van der Waals surface area contributed by atoms with Crippen LogP contribution in [0.15, 0.2) is 0 Å². The molecule has 0 aliphatic heterocycles. The summed E-state index contributed by atoms with van der Waals surface area (Å²) in [5.41, 5.74) is 1.83. The first-order valence-corrected chi connectivity index (χ1v) is 5.57. The number of rotatable bonds is 3. The second-order valence-corrected chi connectivity index (χ2v) is 4.36. The fraction of sp³-hybridized carbons (Fsp3) is 0.222. The molecule has 0 aliphatic rings. The Balaban J connectivity index is 2.84. The molecule has 0 fully saturated rings. The maximum Gasteiger partial charge on any atom is 0.167 e. The van der Waals surface area contributed by atoms with Crippen molar-refractivity contribution in [3.63, 3.8) is 0 Å². The summed E-state index contributed by atoms with van der Waals surface area (Å²) in [5, 5.41) is 8.10. The number of aromatic nitrogens is 2. The number of nitrogens with one attached hydrogen (secondary N) is 1. The van der Waals surface area contributed by atoms with Crippen molar-refractivity contribution in [1.29, 1.82) is 5.41 Å². The van der Waals surface area contributed by atoms with Gasteiger partial charge in [-0.2, -0.15) is 0 Å². The van der Waals surface area contributed by atoms with Crippen LogP contribution in [0, 0.1) is 5.41 Å². The Hall–Kier alpha value is -1.20. The van der Waals surface area contributed by atoms with E-state index in [0.29, 0.717) is 17.1 Å². The van der Waals surface area contributed by atoms with E-state index in [1.54, 1.807) is 11.6 Å². The highest BCUT2D eigenvalue weighted by atomic mass is 35.5. The molecule has 0 atom stereocenters. The molecule has 0 bridgehead atoms. The molecule has 15 heavy (non-hydrogen) atoms. The van der Waals surface area contributed by atoms with Crippen LogP contribution < -0.4 is 0 Å². The Morgan fingerprint density at radius 2 is 2.40 bits per heavy atom. The van der Waals surface area contributed by atoms with Crippen molar-refractivity contribution in [3.8, 4) is 0 Å². The number of hydrogen-bond acceptors (Lipinski definition) is 4. The highest BCUT2D eigenvalue weighted by Gasteiger charge is 2.17. The first-order chi connectivity index (χ1) is 7.22. The van der Waals surface area contributed by atoms with Gasteiger partial charge >= 0.3 is 0 Å². The van der Waals surface area contributed by atoms with E-state index in [-0.39, 0.29) is 0 Å². The molecule has 78 valence electrons. The number of hydrogen-bond donors (Lipinski definition) is 1. The van der Waals surface area contributed by atoms with Gasteiger partial charge in [0.15, 0.2) is 11.9 Å². The van der Waals surface area contributed by atoms with Gasteiger partial charge in [0.1, 0.15) is 5.01 Å². The third-order valence-electron chi connectivity index (χ3n) is 2.22. The number of halogens is 1. The fourth-order valence-corrected chi connectivity index (χ4v) is 2.70. The van der Waals surface area contributed by atoms with E-state index in [2.05, 4.69) is 4.98 Å². The van der Waals surface area contributed by atoms with Gasteiger partial charge in [0.25, 0.3) is 0 Å². The van der Waals surface area contributed by atoms with E-state index in [9.17, 15) is 4.79 Å². The van der Waals surface area contributed by atoms with Crippen molar-refractivity contribution in [2.24, 2.45) is 7.05 Å². The molecular weight excluding hydrogens is 234 g/mol. The predicted octanol–water partition coefficient (Wildman–Crippen LogP) is 2.18. The number of fused-ring (bicyclic) bond motifs is 1. The lowest BCUT2D eigenvalue weighted by atomic mass is 10.3. The van der Waals surface area contributed by atoms with Crippen LogP contribution >= 0.6 is 22.9 Å². The fourth-order valence-electron chi connectivity index (χ4n) is 1.51. The molecule has 0 spiro atoms. The molecule has 2 rings (SSSR count). The van der Waals surface area contributed by atoms with Crippen LogP contribution in [0.5, 0.6) is 0 Å². The third kappa shape index (κ3) is 1.39. The predicted molar refractivity (Wildman–Crippen MR) is 61.4 cm³/mol. The lowest BCUT2D eigenvalue weighted by molar-refractivity contribution is 0.111. The largest absolute Gasteiger partial charge is 0.325 e. The number of nitrogens with zero attached hydrogens (tertiary/aromatic N) is 2. The van der Waals surface area contributed by atoms with E-state index in [4.69, 9.17) is 17.0 Å². The second kappa shape index (κ2) is 3.75. The monoisotopic (exact) mass is 241 g/mol. The summed E-state index contributed by atoms with van der Waals surface area (Å²) < 4.78 is 2.54. The van der Waals surface area contributed by atoms with Gasteiger partial charge in [-0.1, -0.05) is 0 Å². The summed E-state index contributed by atoms with van der Waals surface area (Å²) in [7, 11) is 1.76. The van der Waals surface area contributed by atoms with Gasteiger partial charge < -0.3 is 9.98 Å². The van der Waals surface area contributed by atoms with Crippen LogP contribution in [0.1, 0.15) is 21.1 Å². The van der Waals surface area contributed by atoms with Crippen molar-refractivity contribution in [2.75, 3.05) is 0 Å². The molecule has 0 saturated heterocycles. The Bertz CT molecular complexity index is 543. The zero-order chi connectivity index (χ0) is 11.0. The molecule has 0 amide bonds. The zero-order valence-corrected chi connectivity index (χ0v) is 9.52. The SMILES string of the molecule is Cn1c(C=O)c(C=N)c2sc(CCl)nc21. The normalized spacial score (nSPS) is 10.8. The number of thiazole rings is 1. The summed E-state index contributed by atoms with van der Waals surface area (Å²) >= 11 is 7.11. The van der Waals surface area contributed by atoms with Crippen molar-refractivity contribution < 1.29 is 4.79 Å². The minimum atomic E-state index is 0.354. The minimum Gasteiger partial charge on any atom is -0.325 e. The molecule has 0 aliphatic carbocycles. The van der Waals surface area contributed by atoms with E-state index in [0.717, 1.165) is 21.6 Å². The van der Waals surface area contributed by atoms with Gasteiger partial charge in [0.2, 0.25) is 0 Å². The van der Waals surface area contributed by atoms with Gasteiger partial charge in [0, 0.05) is 18.8 Å². The molecule has 6 heteroatoms. The summed E-state index contributed by atoms with van der Waals surface area (Å²) in [6.45, 7) is 0. The Morgan fingerprint density at radius 1 is 1.67 bits per heavy atom. The van der Waals surface area contributed by atoms with Crippen LogP contribution in [0.2, 0.25) is 0 Å². The average molecular weight is 242 g/mol. The number of aldehydes is 1. The Morgan fingerprint density at radius 3 is 2.93 bits per heavy atom. The summed E-state index contributed by atoms with van der Waals surface area (Å²) in [6, 6.07) is 0. The van der Waals surface area contributed by atoms with Gasteiger partial charge in [-0.05, 0) is 0 Å². The molecule has 4 nitrogen and oxygen atoms in total.